The van der Waals surface area contributed by atoms with E-state index in [1.165, 1.54) is 6.92 Å². The summed E-state index contributed by atoms with van der Waals surface area (Å²) in [4.78, 5) is 26.2. The summed E-state index contributed by atoms with van der Waals surface area (Å²) in [7, 11) is 3.15. The van der Waals surface area contributed by atoms with Gasteiger partial charge < -0.3 is 14.2 Å². The van der Waals surface area contributed by atoms with Gasteiger partial charge in [0.2, 0.25) is 5.88 Å². The Balaban J connectivity index is 1.78. The number of methoxy groups -OCH3 is 2. The van der Waals surface area contributed by atoms with Crippen LogP contribution in [0.3, 0.4) is 0 Å². The number of hydrogen-bond donors (Lipinski definition) is 0. The molecule has 166 valence electrons. The molecule has 9 nitrogen and oxygen atoms in total. The van der Waals surface area contributed by atoms with E-state index in [0.717, 1.165) is 11.1 Å². The first kappa shape index (κ1) is 20.6. The molecule has 3 aromatic heterocycles. The lowest BCUT2D eigenvalue weighted by Crippen LogP contribution is -2.22. The Morgan fingerprint density at radius 1 is 1.15 bits per heavy atom. The molecule has 33 heavy (non-hydrogen) atoms. The monoisotopic (exact) mass is 443 g/mol. The lowest BCUT2D eigenvalue weighted by atomic mass is 9.81. The summed E-state index contributed by atoms with van der Waals surface area (Å²) >= 11 is 0. The van der Waals surface area contributed by atoms with E-state index in [9.17, 15) is 4.79 Å². The number of ketones is 1. The summed E-state index contributed by atoms with van der Waals surface area (Å²) < 4.78 is 18.5. The highest BCUT2D eigenvalue weighted by atomic mass is 16.5. The number of allylic oxidation sites excluding steroid dienone is 2. The maximum Gasteiger partial charge on any atom is 0.228 e. The fourth-order valence-corrected chi connectivity index (χ4v) is 4.18. The highest BCUT2D eigenvalue weighted by molar-refractivity contribution is 5.97. The van der Waals surface area contributed by atoms with Crippen molar-refractivity contribution in [3.63, 3.8) is 0 Å². The molecule has 1 aromatic carbocycles. The molecule has 5 rings (SSSR count). The second-order valence-corrected chi connectivity index (χ2v) is 7.58. The molecule has 0 N–H and O–H groups in total. The largest absolute Gasteiger partial charge is 0.493 e. The second kappa shape index (κ2) is 8.01. The Kier molecular flexibility index (Phi) is 5.01. The van der Waals surface area contributed by atoms with Crippen LogP contribution in [0.2, 0.25) is 0 Å². The zero-order valence-electron chi connectivity index (χ0n) is 18.6. The number of Topliss-reactive ketones (excluding diaryl/α,β-unsaturated/α-hetero) is 1. The average Bonchev–Trinajstić information content (AvgIpc) is 3.27. The average molecular weight is 443 g/mol. The number of fused-ring (bicyclic) bond motifs is 3. The molecule has 0 amide bonds. The molecule has 0 aliphatic carbocycles. The zero-order valence-corrected chi connectivity index (χ0v) is 18.6. The molecule has 1 aliphatic heterocycles. The maximum absolute atomic E-state index is 12.8. The van der Waals surface area contributed by atoms with Crippen LogP contribution in [0.5, 0.6) is 17.4 Å². The van der Waals surface area contributed by atoms with E-state index in [-0.39, 0.29) is 5.78 Å². The smallest absolute Gasteiger partial charge is 0.228 e. The van der Waals surface area contributed by atoms with Crippen LogP contribution in [-0.4, -0.2) is 44.6 Å². The predicted molar refractivity (Wildman–Crippen MR) is 119 cm³/mol. The fraction of sp³-hybridized carbons (Fsp3) is 0.208. The van der Waals surface area contributed by atoms with Crippen LogP contribution in [0.1, 0.15) is 30.9 Å². The quantitative estimate of drug-likeness (QED) is 0.461. The Hall–Kier alpha value is -4.27. The van der Waals surface area contributed by atoms with Crippen LogP contribution in [-0.2, 0) is 4.79 Å². The van der Waals surface area contributed by atoms with Crippen molar-refractivity contribution < 1.29 is 19.0 Å². The SMILES string of the molecule is COc1ccc(C2C(C(C)=O)=C(C)Oc3ncn4nc(-c5cccnc5)nc4c32)cc1OC. The molecule has 0 saturated carbocycles. The summed E-state index contributed by atoms with van der Waals surface area (Å²) in [5, 5.41) is 4.57. The molecule has 1 atom stereocenters. The Morgan fingerprint density at radius 2 is 1.97 bits per heavy atom. The van der Waals surface area contributed by atoms with E-state index in [2.05, 4.69) is 15.1 Å². The summed E-state index contributed by atoms with van der Waals surface area (Å²) in [6.07, 6.45) is 4.94. The van der Waals surface area contributed by atoms with Gasteiger partial charge in [0.15, 0.2) is 28.8 Å². The Bertz CT molecular complexity index is 1410. The van der Waals surface area contributed by atoms with Crippen LogP contribution in [0, 0.1) is 0 Å². The van der Waals surface area contributed by atoms with Gasteiger partial charge in [0.05, 0.1) is 25.7 Å². The summed E-state index contributed by atoms with van der Waals surface area (Å²) in [5.74, 6) is 1.95. The first-order chi connectivity index (χ1) is 16.0. The number of carbonyl (C=O) groups excluding carboxylic acids is 1. The van der Waals surface area contributed by atoms with Gasteiger partial charge in [0.1, 0.15) is 12.1 Å². The Morgan fingerprint density at radius 3 is 2.67 bits per heavy atom. The normalized spacial score (nSPS) is 15.2. The number of ether oxygens (including phenoxy) is 3. The van der Waals surface area contributed by atoms with Gasteiger partial charge in [0, 0.05) is 23.5 Å². The Labute approximate surface area is 189 Å². The van der Waals surface area contributed by atoms with Crippen LogP contribution in [0.15, 0.2) is 60.4 Å². The van der Waals surface area contributed by atoms with Gasteiger partial charge in [-0.25, -0.2) is 14.5 Å². The molecule has 0 saturated heterocycles. The van der Waals surface area contributed by atoms with Gasteiger partial charge in [-0.2, -0.15) is 0 Å². The van der Waals surface area contributed by atoms with E-state index >= 15 is 0 Å². The lowest BCUT2D eigenvalue weighted by molar-refractivity contribution is -0.114. The maximum atomic E-state index is 12.8. The highest BCUT2D eigenvalue weighted by Gasteiger charge is 2.36. The molecule has 0 bridgehead atoms. The van der Waals surface area contributed by atoms with Crippen molar-refractivity contribution >= 4 is 11.4 Å². The van der Waals surface area contributed by atoms with Crippen molar-refractivity contribution in [2.75, 3.05) is 14.2 Å². The molecule has 1 unspecified atom stereocenters. The minimum Gasteiger partial charge on any atom is -0.493 e. The third kappa shape index (κ3) is 3.38. The van der Waals surface area contributed by atoms with Gasteiger partial charge in [0.25, 0.3) is 0 Å². The first-order valence-corrected chi connectivity index (χ1v) is 10.3. The van der Waals surface area contributed by atoms with E-state index < -0.39 is 5.92 Å². The van der Waals surface area contributed by atoms with Gasteiger partial charge >= 0.3 is 0 Å². The molecule has 0 fully saturated rings. The van der Waals surface area contributed by atoms with Crippen LogP contribution < -0.4 is 14.2 Å². The summed E-state index contributed by atoms with van der Waals surface area (Å²) in [5.41, 5.74) is 3.32. The van der Waals surface area contributed by atoms with Gasteiger partial charge in [-0.1, -0.05) is 6.07 Å². The van der Waals surface area contributed by atoms with E-state index in [1.54, 1.807) is 44.4 Å². The van der Waals surface area contributed by atoms with Crippen molar-refractivity contribution in [2.24, 2.45) is 0 Å². The number of carbonyl (C=O) groups is 1. The van der Waals surface area contributed by atoms with Crippen molar-refractivity contribution in [1.29, 1.82) is 0 Å². The van der Waals surface area contributed by atoms with Gasteiger partial charge in [-0.05, 0) is 43.7 Å². The highest BCUT2D eigenvalue weighted by Crippen LogP contribution is 2.45. The minimum atomic E-state index is -0.479. The number of rotatable bonds is 5. The standard InChI is InChI=1S/C24H21N5O4/c1-13(30)19-14(2)33-24-21(20(19)15-7-8-17(31-3)18(10-15)32-4)23-27-22(28-29(23)12-26-24)16-6-5-9-25-11-16/h5-12,20H,1-4H3. The third-order valence-electron chi connectivity index (χ3n) is 5.63. The zero-order chi connectivity index (χ0) is 23.1. The van der Waals surface area contributed by atoms with Crippen LogP contribution >= 0.6 is 0 Å². The van der Waals surface area contributed by atoms with Gasteiger partial charge in [-0.3, -0.25) is 9.78 Å². The molecular formula is C24H21N5O4. The van der Waals surface area contributed by atoms with E-state index in [0.29, 0.717) is 45.7 Å². The van der Waals surface area contributed by atoms with E-state index in [1.807, 2.05) is 30.3 Å². The number of benzene rings is 1. The fourth-order valence-electron chi connectivity index (χ4n) is 4.18. The molecule has 0 spiro atoms. The van der Waals surface area contributed by atoms with Crippen molar-refractivity contribution in [1.82, 2.24) is 24.6 Å². The topological polar surface area (TPSA) is 101 Å². The number of pyridine rings is 1. The summed E-state index contributed by atoms with van der Waals surface area (Å²) in [6.45, 7) is 3.30. The molecule has 4 aromatic rings. The molecule has 9 heteroatoms. The minimum absolute atomic E-state index is 0.105. The van der Waals surface area contributed by atoms with Crippen LogP contribution in [0.25, 0.3) is 17.0 Å². The molecular weight excluding hydrogens is 422 g/mol. The predicted octanol–water partition coefficient (Wildman–Crippen LogP) is 3.59. The van der Waals surface area contributed by atoms with Gasteiger partial charge in [-0.15, -0.1) is 5.10 Å². The van der Waals surface area contributed by atoms with Crippen molar-refractivity contribution in [2.45, 2.75) is 19.8 Å². The molecule has 1 aliphatic rings. The number of hydrogen-bond acceptors (Lipinski definition) is 8. The lowest BCUT2D eigenvalue weighted by Gasteiger charge is -2.28. The number of aromatic nitrogens is 5. The summed E-state index contributed by atoms with van der Waals surface area (Å²) in [6, 6.07) is 9.28. The second-order valence-electron chi connectivity index (χ2n) is 7.58. The third-order valence-corrected chi connectivity index (χ3v) is 5.63. The van der Waals surface area contributed by atoms with Crippen molar-refractivity contribution in [3.05, 3.63) is 71.5 Å². The first-order valence-electron chi connectivity index (χ1n) is 10.3. The molecule has 0 radical (unpaired) electrons. The number of nitrogens with zero attached hydrogens (tertiary/aromatic N) is 5. The van der Waals surface area contributed by atoms with Crippen LogP contribution in [0.4, 0.5) is 0 Å². The molecule has 4 heterocycles. The van der Waals surface area contributed by atoms with Crippen molar-refractivity contribution in [3.8, 4) is 28.8 Å². The van der Waals surface area contributed by atoms with E-state index in [4.69, 9.17) is 19.2 Å².